The van der Waals surface area contributed by atoms with Gasteiger partial charge >= 0.3 is 0 Å². The molecule has 1 aromatic heterocycles. The van der Waals surface area contributed by atoms with Gasteiger partial charge in [-0.05, 0) is 24.1 Å². The van der Waals surface area contributed by atoms with E-state index in [1.807, 2.05) is 55.5 Å². The van der Waals surface area contributed by atoms with E-state index in [4.69, 9.17) is 0 Å². The van der Waals surface area contributed by atoms with Crippen molar-refractivity contribution < 1.29 is 14.7 Å². The molecule has 1 fully saturated rings. The van der Waals surface area contributed by atoms with Crippen LogP contribution >= 0.6 is 0 Å². The van der Waals surface area contributed by atoms with Crippen molar-refractivity contribution in [3.05, 3.63) is 71.4 Å². The quantitative estimate of drug-likeness (QED) is 0.723. The normalized spacial score (nSPS) is 22.6. The van der Waals surface area contributed by atoms with Crippen LogP contribution < -0.4 is 0 Å². The van der Waals surface area contributed by atoms with Gasteiger partial charge in [0.15, 0.2) is 0 Å². The molecular weight excluding hydrogens is 366 g/mol. The van der Waals surface area contributed by atoms with Crippen LogP contribution in [-0.2, 0) is 16.0 Å². The third kappa shape index (κ3) is 2.83. The highest BCUT2D eigenvalue weighted by molar-refractivity contribution is 5.97. The first kappa shape index (κ1) is 17.9. The third-order valence-electron chi connectivity index (χ3n) is 6.20. The van der Waals surface area contributed by atoms with Gasteiger partial charge in [-0.15, -0.1) is 0 Å². The zero-order valence-corrected chi connectivity index (χ0v) is 16.2. The smallest absolute Gasteiger partial charge is 0.246 e. The van der Waals surface area contributed by atoms with E-state index < -0.39 is 12.1 Å². The zero-order valence-electron chi connectivity index (χ0n) is 16.2. The van der Waals surface area contributed by atoms with E-state index in [1.54, 1.807) is 4.90 Å². The number of rotatable bonds is 3. The summed E-state index contributed by atoms with van der Waals surface area (Å²) in [4.78, 5) is 32.9. The molecule has 148 valence electrons. The fraction of sp³-hybridized carbons (Fsp3) is 0.304. The van der Waals surface area contributed by atoms with Crippen LogP contribution in [0.25, 0.3) is 10.9 Å². The average molecular weight is 389 g/mol. The Labute approximate surface area is 168 Å². The van der Waals surface area contributed by atoms with E-state index >= 15 is 0 Å². The molecule has 2 aliphatic rings. The number of aromatic nitrogens is 1. The van der Waals surface area contributed by atoms with Crippen molar-refractivity contribution in [1.82, 2.24) is 14.8 Å². The summed E-state index contributed by atoms with van der Waals surface area (Å²) in [6, 6.07) is 16.6. The van der Waals surface area contributed by atoms with E-state index in [9.17, 15) is 14.7 Å². The number of para-hydroxylation sites is 1. The molecular formula is C23H23N3O3. The lowest BCUT2D eigenvalue weighted by atomic mass is 9.89. The second kappa shape index (κ2) is 6.74. The van der Waals surface area contributed by atoms with Crippen LogP contribution in [0.2, 0.25) is 0 Å². The van der Waals surface area contributed by atoms with Crippen LogP contribution in [0.4, 0.5) is 0 Å². The van der Waals surface area contributed by atoms with Gasteiger partial charge in [0, 0.05) is 23.0 Å². The number of benzene rings is 2. The molecule has 0 spiro atoms. The van der Waals surface area contributed by atoms with Gasteiger partial charge < -0.3 is 19.9 Å². The number of hydrogen-bond donors (Lipinski definition) is 2. The average Bonchev–Trinajstić information content (AvgIpc) is 3.11. The van der Waals surface area contributed by atoms with Gasteiger partial charge in [-0.25, -0.2) is 0 Å². The minimum atomic E-state index is -0.816. The minimum absolute atomic E-state index is 0.000864. The number of carbonyl (C=O) groups is 2. The largest absolute Gasteiger partial charge is 0.387 e. The van der Waals surface area contributed by atoms with Gasteiger partial charge in [0.05, 0.1) is 25.2 Å². The van der Waals surface area contributed by atoms with Crippen molar-refractivity contribution >= 4 is 22.7 Å². The lowest BCUT2D eigenvalue weighted by Gasteiger charge is -2.46. The first-order chi connectivity index (χ1) is 14.0. The van der Waals surface area contributed by atoms with Gasteiger partial charge in [0.1, 0.15) is 6.04 Å². The van der Waals surface area contributed by atoms with Crippen LogP contribution in [0.5, 0.6) is 0 Å². The molecule has 3 aromatic rings. The summed E-state index contributed by atoms with van der Waals surface area (Å²) < 4.78 is 0. The number of carbonyl (C=O) groups excluding carboxylic acids is 2. The van der Waals surface area contributed by atoms with Crippen molar-refractivity contribution in [2.45, 2.75) is 31.5 Å². The summed E-state index contributed by atoms with van der Waals surface area (Å²) in [5.74, 6) is -0.172. The monoisotopic (exact) mass is 389 g/mol. The lowest BCUT2D eigenvalue weighted by molar-refractivity contribution is -0.160. The highest BCUT2D eigenvalue weighted by Crippen LogP contribution is 2.39. The molecule has 2 N–H and O–H groups in total. The second-order valence-corrected chi connectivity index (χ2v) is 7.90. The molecule has 2 aromatic carbocycles. The number of amides is 2. The predicted molar refractivity (Wildman–Crippen MR) is 109 cm³/mol. The van der Waals surface area contributed by atoms with Crippen LogP contribution in [0.15, 0.2) is 54.6 Å². The molecule has 3 atom stereocenters. The number of aliphatic hydroxyl groups excluding tert-OH is 1. The van der Waals surface area contributed by atoms with E-state index in [0.29, 0.717) is 6.42 Å². The Morgan fingerprint density at radius 2 is 1.83 bits per heavy atom. The van der Waals surface area contributed by atoms with Crippen molar-refractivity contribution in [3.8, 4) is 0 Å². The molecule has 0 unspecified atom stereocenters. The molecule has 1 saturated heterocycles. The van der Waals surface area contributed by atoms with Crippen LogP contribution in [0.3, 0.4) is 0 Å². The molecule has 3 heterocycles. The molecule has 2 aliphatic heterocycles. The molecule has 0 saturated carbocycles. The van der Waals surface area contributed by atoms with E-state index in [-0.39, 0.29) is 30.9 Å². The standard InChI is InChI=1S/C23H23N3O3/c1-14-22-17(16-9-5-6-10-18(16)24-22)11-19-23(29)25(13-21(28)26(14)19)12-20(27)15-7-3-2-4-8-15/h2-10,14,19-20,24,27H,11-13H2,1H3/t14-,19+,20-/m1/s1. The molecule has 0 radical (unpaired) electrons. The van der Waals surface area contributed by atoms with Crippen LogP contribution in [-0.4, -0.2) is 50.8 Å². The molecule has 2 amide bonds. The fourth-order valence-corrected chi connectivity index (χ4v) is 4.77. The van der Waals surface area contributed by atoms with E-state index in [1.165, 1.54) is 4.90 Å². The Kier molecular flexibility index (Phi) is 4.17. The summed E-state index contributed by atoms with van der Waals surface area (Å²) in [7, 11) is 0. The molecule has 0 bridgehead atoms. The van der Waals surface area contributed by atoms with Gasteiger partial charge in [-0.1, -0.05) is 48.5 Å². The second-order valence-electron chi connectivity index (χ2n) is 7.90. The Morgan fingerprint density at radius 1 is 1.10 bits per heavy atom. The highest BCUT2D eigenvalue weighted by atomic mass is 16.3. The number of β-amino-alcohol motifs (C(OH)–C–C–N with tert-alkyl or cyclic N) is 1. The minimum Gasteiger partial charge on any atom is -0.387 e. The summed E-state index contributed by atoms with van der Waals surface area (Å²) >= 11 is 0. The van der Waals surface area contributed by atoms with Gasteiger partial charge in [0.25, 0.3) is 0 Å². The first-order valence-corrected chi connectivity index (χ1v) is 9.97. The maximum atomic E-state index is 13.3. The van der Waals surface area contributed by atoms with Crippen molar-refractivity contribution in [2.75, 3.05) is 13.1 Å². The number of piperazine rings is 1. The Morgan fingerprint density at radius 3 is 2.62 bits per heavy atom. The Hall–Kier alpha value is -3.12. The fourth-order valence-electron chi connectivity index (χ4n) is 4.77. The molecule has 6 heteroatoms. The summed E-state index contributed by atoms with van der Waals surface area (Å²) in [5, 5.41) is 11.7. The van der Waals surface area contributed by atoms with Crippen LogP contribution in [0.1, 0.15) is 35.9 Å². The number of aliphatic hydroxyl groups is 1. The van der Waals surface area contributed by atoms with Crippen molar-refractivity contribution in [1.29, 1.82) is 0 Å². The number of nitrogens with zero attached hydrogens (tertiary/aromatic N) is 2. The van der Waals surface area contributed by atoms with E-state index in [0.717, 1.165) is 27.7 Å². The topological polar surface area (TPSA) is 76.6 Å². The first-order valence-electron chi connectivity index (χ1n) is 9.97. The summed E-state index contributed by atoms with van der Waals surface area (Å²) in [5.41, 5.74) is 3.90. The maximum Gasteiger partial charge on any atom is 0.246 e. The lowest BCUT2D eigenvalue weighted by Crippen LogP contribution is -2.62. The maximum absolute atomic E-state index is 13.3. The highest BCUT2D eigenvalue weighted by Gasteiger charge is 2.46. The summed E-state index contributed by atoms with van der Waals surface area (Å²) in [6.45, 7) is 2.09. The number of aromatic amines is 1. The predicted octanol–water partition coefficient (Wildman–Crippen LogP) is 2.56. The van der Waals surface area contributed by atoms with Gasteiger partial charge in [-0.3, -0.25) is 9.59 Å². The number of nitrogens with one attached hydrogen (secondary N) is 1. The van der Waals surface area contributed by atoms with Gasteiger partial charge in [-0.2, -0.15) is 0 Å². The summed E-state index contributed by atoms with van der Waals surface area (Å²) in [6.07, 6.45) is -0.323. The number of hydrogen-bond acceptors (Lipinski definition) is 3. The van der Waals surface area contributed by atoms with Crippen molar-refractivity contribution in [2.24, 2.45) is 0 Å². The Balaban J connectivity index is 1.45. The molecule has 29 heavy (non-hydrogen) atoms. The number of fused-ring (bicyclic) bond motifs is 4. The Bertz CT molecular complexity index is 1090. The number of H-pyrrole nitrogens is 1. The third-order valence-corrected chi connectivity index (χ3v) is 6.20. The SMILES string of the molecule is C[C@@H]1c2[nH]c3ccccc3c2C[C@H]2C(=O)N(C[C@@H](O)c3ccccc3)CC(=O)N12. The molecule has 6 nitrogen and oxygen atoms in total. The van der Waals surface area contributed by atoms with E-state index in [2.05, 4.69) is 11.1 Å². The molecule has 5 rings (SSSR count). The zero-order chi connectivity index (χ0) is 20.1. The van der Waals surface area contributed by atoms with Crippen LogP contribution in [0, 0.1) is 0 Å². The molecule has 0 aliphatic carbocycles. The van der Waals surface area contributed by atoms with Crippen molar-refractivity contribution in [3.63, 3.8) is 0 Å². The van der Waals surface area contributed by atoms with Gasteiger partial charge in [0.2, 0.25) is 11.8 Å².